The standard InChI is InChI=1S/C12H17BrN2/c13-11-4-3-10(12(14)7-11)2-1-9-5-6-15-8-9/h3-4,7,9,15H,1-2,5-6,8,14H2. The lowest BCUT2D eigenvalue weighted by Crippen LogP contribution is -2.09. The number of benzene rings is 1. The molecule has 0 saturated carbocycles. The van der Waals surface area contributed by atoms with Crippen molar-refractivity contribution < 1.29 is 0 Å². The van der Waals surface area contributed by atoms with E-state index in [1.807, 2.05) is 6.07 Å². The summed E-state index contributed by atoms with van der Waals surface area (Å²) in [4.78, 5) is 0. The molecule has 1 unspecified atom stereocenters. The predicted octanol–water partition coefficient (Wildman–Crippen LogP) is 2.57. The Hall–Kier alpha value is -0.540. The van der Waals surface area contributed by atoms with Gasteiger partial charge in [-0.3, -0.25) is 0 Å². The second kappa shape index (κ2) is 4.99. The van der Waals surface area contributed by atoms with Crippen molar-refractivity contribution in [3.63, 3.8) is 0 Å². The van der Waals surface area contributed by atoms with Crippen LogP contribution in [0, 0.1) is 5.92 Å². The first-order valence-electron chi connectivity index (χ1n) is 5.50. The minimum atomic E-state index is 0.841. The van der Waals surface area contributed by atoms with Crippen molar-refractivity contribution in [3.05, 3.63) is 28.2 Å². The first-order chi connectivity index (χ1) is 7.25. The molecular weight excluding hydrogens is 252 g/mol. The molecule has 0 aromatic heterocycles. The second-order valence-corrected chi connectivity index (χ2v) is 5.16. The molecule has 1 aliphatic rings. The Kier molecular flexibility index (Phi) is 3.65. The monoisotopic (exact) mass is 268 g/mol. The molecule has 1 saturated heterocycles. The molecule has 0 spiro atoms. The van der Waals surface area contributed by atoms with E-state index >= 15 is 0 Å². The average molecular weight is 269 g/mol. The van der Waals surface area contributed by atoms with Crippen molar-refractivity contribution in [1.82, 2.24) is 5.32 Å². The molecule has 1 atom stereocenters. The fourth-order valence-electron chi connectivity index (χ4n) is 2.11. The second-order valence-electron chi connectivity index (χ2n) is 4.24. The van der Waals surface area contributed by atoms with E-state index in [0.29, 0.717) is 0 Å². The SMILES string of the molecule is Nc1cc(Br)ccc1CCC1CCNC1. The number of halogens is 1. The normalized spacial score (nSPS) is 20.7. The fraction of sp³-hybridized carbons (Fsp3) is 0.500. The number of nitrogen functional groups attached to an aromatic ring is 1. The zero-order valence-electron chi connectivity index (χ0n) is 8.80. The molecule has 3 heteroatoms. The van der Waals surface area contributed by atoms with Crippen LogP contribution in [0.4, 0.5) is 5.69 Å². The van der Waals surface area contributed by atoms with Crippen LogP contribution < -0.4 is 11.1 Å². The van der Waals surface area contributed by atoms with Gasteiger partial charge in [0, 0.05) is 10.2 Å². The maximum Gasteiger partial charge on any atom is 0.0357 e. The van der Waals surface area contributed by atoms with Crippen molar-refractivity contribution in [2.75, 3.05) is 18.8 Å². The number of hydrogen-bond acceptors (Lipinski definition) is 2. The van der Waals surface area contributed by atoms with Gasteiger partial charge in [-0.25, -0.2) is 0 Å². The highest BCUT2D eigenvalue weighted by molar-refractivity contribution is 9.10. The zero-order chi connectivity index (χ0) is 10.7. The van der Waals surface area contributed by atoms with Crippen LogP contribution in [-0.2, 0) is 6.42 Å². The third-order valence-electron chi connectivity index (χ3n) is 3.09. The summed E-state index contributed by atoms with van der Waals surface area (Å²) in [5.41, 5.74) is 8.16. The molecule has 0 aliphatic carbocycles. The molecule has 1 aliphatic heterocycles. The Morgan fingerprint density at radius 1 is 1.47 bits per heavy atom. The van der Waals surface area contributed by atoms with Crippen molar-refractivity contribution in [2.45, 2.75) is 19.3 Å². The quantitative estimate of drug-likeness (QED) is 0.828. The van der Waals surface area contributed by atoms with Gasteiger partial charge in [-0.2, -0.15) is 0 Å². The Morgan fingerprint density at radius 2 is 2.33 bits per heavy atom. The third kappa shape index (κ3) is 2.95. The largest absolute Gasteiger partial charge is 0.398 e. The number of aryl methyl sites for hydroxylation is 1. The molecule has 1 heterocycles. The number of anilines is 1. The van der Waals surface area contributed by atoms with Crippen molar-refractivity contribution in [1.29, 1.82) is 0 Å². The molecule has 2 nitrogen and oxygen atoms in total. The summed E-state index contributed by atoms with van der Waals surface area (Å²) in [6, 6.07) is 6.18. The summed E-state index contributed by atoms with van der Waals surface area (Å²) in [5.74, 6) is 0.841. The van der Waals surface area contributed by atoms with Crippen LogP contribution in [0.25, 0.3) is 0 Å². The van der Waals surface area contributed by atoms with Crippen LogP contribution in [0.5, 0.6) is 0 Å². The molecule has 1 aromatic carbocycles. The number of rotatable bonds is 3. The minimum absolute atomic E-state index is 0.841. The maximum atomic E-state index is 5.96. The zero-order valence-corrected chi connectivity index (χ0v) is 10.4. The van der Waals surface area contributed by atoms with Crippen LogP contribution in [0.1, 0.15) is 18.4 Å². The highest BCUT2D eigenvalue weighted by Gasteiger charge is 2.14. The Morgan fingerprint density at radius 3 is 3.00 bits per heavy atom. The van der Waals surface area contributed by atoms with Crippen LogP contribution in [0.2, 0.25) is 0 Å². The van der Waals surface area contributed by atoms with Gasteiger partial charge >= 0.3 is 0 Å². The summed E-state index contributed by atoms with van der Waals surface area (Å²) in [7, 11) is 0. The topological polar surface area (TPSA) is 38.0 Å². The lowest BCUT2D eigenvalue weighted by atomic mass is 9.98. The van der Waals surface area contributed by atoms with Gasteiger partial charge < -0.3 is 11.1 Å². The van der Waals surface area contributed by atoms with Gasteiger partial charge in [0.2, 0.25) is 0 Å². The Balaban J connectivity index is 1.92. The van der Waals surface area contributed by atoms with Gasteiger partial charge in [0.1, 0.15) is 0 Å². The summed E-state index contributed by atoms with van der Waals surface area (Å²) >= 11 is 3.42. The molecule has 3 N–H and O–H groups in total. The van der Waals surface area contributed by atoms with E-state index in [4.69, 9.17) is 5.73 Å². The van der Waals surface area contributed by atoms with E-state index in [0.717, 1.165) is 22.5 Å². The van der Waals surface area contributed by atoms with Gasteiger partial charge in [-0.1, -0.05) is 22.0 Å². The smallest absolute Gasteiger partial charge is 0.0357 e. The highest BCUT2D eigenvalue weighted by Crippen LogP contribution is 2.22. The molecular formula is C12H17BrN2. The van der Waals surface area contributed by atoms with Gasteiger partial charge in [-0.05, 0) is 56.0 Å². The summed E-state index contributed by atoms with van der Waals surface area (Å²) in [5, 5.41) is 3.39. The number of nitrogens with two attached hydrogens (primary N) is 1. The number of nitrogens with one attached hydrogen (secondary N) is 1. The van der Waals surface area contributed by atoms with Gasteiger partial charge in [0.15, 0.2) is 0 Å². The van der Waals surface area contributed by atoms with Gasteiger partial charge in [0.25, 0.3) is 0 Å². The summed E-state index contributed by atoms with van der Waals surface area (Å²) < 4.78 is 1.06. The van der Waals surface area contributed by atoms with Crippen molar-refractivity contribution >= 4 is 21.6 Å². The summed E-state index contributed by atoms with van der Waals surface area (Å²) in [6.07, 6.45) is 3.67. The van der Waals surface area contributed by atoms with Crippen LogP contribution in [0.15, 0.2) is 22.7 Å². The lowest BCUT2D eigenvalue weighted by molar-refractivity contribution is 0.533. The number of hydrogen-bond donors (Lipinski definition) is 2. The van der Waals surface area contributed by atoms with E-state index in [1.54, 1.807) is 0 Å². The minimum Gasteiger partial charge on any atom is -0.398 e. The van der Waals surface area contributed by atoms with E-state index in [1.165, 1.54) is 31.5 Å². The van der Waals surface area contributed by atoms with Gasteiger partial charge in [0.05, 0.1) is 0 Å². The molecule has 1 aromatic rings. The third-order valence-corrected chi connectivity index (χ3v) is 3.59. The summed E-state index contributed by atoms with van der Waals surface area (Å²) in [6.45, 7) is 2.36. The van der Waals surface area contributed by atoms with Crippen LogP contribution in [-0.4, -0.2) is 13.1 Å². The average Bonchev–Trinajstić information content (AvgIpc) is 2.69. The van der Waals surface area contributed by atoms with Crippen LogP contribution >= 0.6 is 15.9 Å². The van der Waals surface area contributed by atoms with Crippen LogP contribution in [0.3, 0.4) is 0 Å². The van der Waals surface area contributed by atoms with Crippen molar-refractivity contribution in [3.8, 4) is 0 Å². The van der Waals surface area contributed by atoms with E-state index in [-0.39, 0.29) is 0 Å². The molecule has 15 heavy (non-hydrogen) atoms. The molecule has 0 radical (unpaired) electrons. The molecule has 82 valence electrons. The highest BCUT2D eigenvalue weighted by atomic mass is 79.9. The predicted molar refractivity (Wildman–Crippen MR) is 67.9 cm³/mol. The first kappa shape index (κ1) is 11.0. The van der Waals surface area contributed by atoms with E-state index in [2.05, 4.69) is 33.4 Å². The maximum absolute atomic E-state index is 5.96. The molecule has 1 fully saturated rings. The molecule has 2 rings (SSSR count). The molecule has 0 amide bonds. The first-order valence-corrected chi connectivity index (χ1v) is 6.29. The Bertz CT molecular complexity index is 332. The molecule has 0 bridgehead atoms. The van der Waals surface area contributed by atoms with E-state index in [9.17, 15) is 0 Å². The lowest BCUT2D eigenvalue weighted by Gasteiger charge is -2.10. The van der Waals surface area contributed by atoms with E-state index < -0.39 is 0 Å². The van der Waals surface area contributed by atoms with Crippen molar-refractivity contribution in [2.24, 2.45) is 5.92 Å². The van der Waals surface area contributed by atoms with Gasteiger partial charge in [-0.15, -0.1) is 0 Å². The Labute approximate surface area is 99.4 Å². The fourth-order valence-corrected chi connectivity index (χ4v) is 2.49.